The van der Waals surface area contributed by atoms with Crippen LogP contribution in [0.3, 0.4) is 0 Å². The smallest absolute Gasteiger partial charge is 0.153 e. The molecule has 14 heavy (non-hydrogen) atoms. The first kappa shape index (κ1) is 9.27. The van der Waals surface area contributed by atoms with Crippen molar-refractivity contribution in [1.82, 2.24) is 10.2 Å². The van der Waals surface area contributed by atoms with Crippen LogP contribution in [0.15, 0.2) is 28.7 Å². The molecule has 0 aliphatic rings. The lowest BCUT2D eigenvalue weighted by molar-refractivity contribution is 1.05. The Kier molecular flexibility index (Phi) is 2.29. The molecule has 1 aromatic heterocycles. The van der Waals surface area contributed by atoms with Gasteiger partial charge < -0.3 is 5.73 Å². The largest absolute Gasteiger partial charge is 0.382 e. The van der Waals surface area contributed by atoms with Crippen LogP contribution in [-0.2, 0) is 0 Å². The number of aryl methyl sites for hydroxylation is 1. The van der Waals surface area contributed by atoms with Gasteiger partial charge in [-0.3, -0.25) is 5.10 Å². The van der Waals surface area contributed by atoms with Crippen molar-refractivity contribution >= 4 is 21.7 Å². The third kappa shape index (κ3) is 1.53. The number of nitrogens with zero attached hydrogens (tertiary/aromatic N) is 1. The minimum absolute atomic E-state index is 0.542. The lowest BCUT2D eigenvalue weighted by Gasteiger charge is -2.01. The summed E-state index contributed by atoms with van der Waals surface area (Å²) >= 11 is 3.43. The van der Waals surface area contributed by atoms with Crippen LogP contribution < -0.4 is 5.73 Å². The van der Waals surface area contributed by atoms with Crippen molar-refractivity contribution in [3.8, 4) is 11.1 Å². The molecule has 2 aromatic rings. The molecule has 2 rings (SSSR count). The van der Waals surface area contributed by atoms with Gasteiger partial charge in [0.15, 0.2) is 5.82 Å². The summed E-state index contributed by atoms with van der Waals surface area (Å²) in [7, 11) is 0. The summed E-state index contributed by atoms with van der Waals surface area (Å²) in [5, 5.41) is 6.82. The summed E-state index contributed by atoms with van der Waals surface area (Å²) in [4.78, 5) is 0. The zero-order chi connectivity index (χ0) is 10.1. The van der Waals surface area contributed by atoms with Gasteiger partial charge in [-0.15, -0.1) is 0 Å². The molecule has 0 atom stereocenters. The predicted octanol–water partition coefficient (Wildman–Crippen LogP) is 2.73. The number of nitrogens with one attached hydrogen (secondary N) is 1. The molecule has 1 heterocycles. The lowest BCUT2D eigenvalue weighted by atomic mass is 10.1. The van der Waals surface area contributed by atoms with Gasteiger partial charge in [-0.05, 0) is 24.6 Å². The number of nitrogen functional groups attached to an aromatic ring is 1. The van der Waals surface area contributed by atoms with E-state index in [1.54, 1.807) is 0 Å². The van der Waals surface area contributed by atoms with Gasteiger partial charge in [0.05, 0.1) is 0 Å². The predicted molar refractivity (Wildman–Crippen MR) is 60.9 cm³/mol. The van der Waals surface area contributed by atoms with Gasteiger partial charge >= 0.3 is 0 Å². The number of H-pyrrole nitrogens is 1. The van der Waals surface area contributed by atoms with Crippen molar-refractivity contribution in [3.63, 3.8) is 0 Å². The molecular weight excluding hydrogens is 242 g/mol. The van der Waals surface area contributed by atoms with Gasteiger partial charge in [0.25, 0.3) is 0 Å². The number of anilines is 1. The average Bonchev–Trinajstić information content (AvgIpc) is 2.46. The summed E-state index contributed by atoms with van der Waals surface area (Å²) in [6, 6.07) is 7.99. The second-order valence-electron chi connectivity index (χ2n) is 3.12. The molecule has 0 amide bonds. The standard InChI is InChI=1S/C10H10BrN3/c1-6-9(10(12)14-13-6)7-3-2-4-8(11)5-7/h2-5H,1H3,(H3,12,13,14). The second-order valence-corrected chi connectivity index (χ2v) is 4.03. The Morgan fingerprint density at radius 1 is 1.43 bits per heavy atom. The molecule has 4 heteroatoms. The first-order valence-corrected chi connectivity index (χ1v) is 5.04. The van der Waals surface area contributed by atoms with Crippen molar-refractivity contribution < 1.29 is 0 Å². The van der Waals surface area contributed by atoms with Crippen molar-refractivity contribution in [2.75, 3.05) is 5.73 Å². The molecule has 0 saturated heterocycles. The molecule has 72 valence electrons. The molecule has 3 N–H and O–H groups in total. The lowest BCUT2D eigenvalue weighted by Crippen LogP contribution is -1.88. The number of rotatable bonds is 1. The van der Waals surface area contributed by atoms with Crippen LogP contribution in [-0.4, -0.2) is 10.2 Å². The fraction of sp³-hybridized carbons (Fsp3) is 0.100. The molecule has 0 fully saturated rings. The van der Waals surface area contributed by atoms with E-state index in [1.807, 2.05) is 31.2 Å². The minimum Gasteiger partial charge on any atom is -0.382 e. The highest BCUT2D eigenvalue weighted by atomic mass is 79.9. The van der Waals surface area contributed by atoms with Crippen molar-refractivity contribution in [2.24, 2.45) is 0 Å². The Labute approximate surface area is 90.5 Å². The maximum atomic E-state index is 5.77. The van der Waals surface area contributed by atoms with Gasteiger partial charge in [0, 0.05) is 15.7 Å². The summed E-state index contributed by atoms with van der Waals surface area (Å²) < 4.78 is 1.04. The summed E-state index contributed by atoms with van der Waals surface area (Å²) in [5.41, 5.74) is 8.80. The summed E-state index contributed by atoms with van der Waals surface area (Å²) in [5.74, 6) is 0.542. The normalized spacial score (nSPS) is 10.4. The second kappa shape index (κ2) is 3.46. The van der Waals surface area contributed by atoms with Crippen LogP contribution in [0.5, 0.6) is 0 Å². The van der Waals surface area contributed by atoms with Gasteiger partial charge in [-0.25, -0.2) is 0 Å². The highest BCUT2D eigenvalue weighted by molar-refractivity contribution is 9.10. The molecule has 0 spiro atoms. The molecule has 0 radical (unpaired) electrons. The molecule has 0 aliphatic heterocycles. The third-order valence-electron chi connectivity index (χ3n) is 2.09. The number of benzene rings is 1. The van der Waals surface area contributed by atoms with Crippen LogP contribution in [0.4, 0.5) is 5.82 Å². The van der Waals surface area contributed by atoms with Crippen LogP contribution >= 0.6 is 15.9 Å². The first-order valence-electron chi connectivity index (χ1n) is 4.25. The van der Waals surface area contributed by atoms with Crippen molar-refractivity contribution in [3.05, 3.63) is 34.4 Å². The van der Waals surface area contributed by atoms with E-state index in [2.05, 4.69) is 26.1 Å². The highest BCUT2D eigenvalue weighted by Gasteiger charge is 2.09. The Morgan fingerprint density at radius 2 is 2.21 bits per heavy atom. The fourth-order valence-electron chi connectivity index (χ4n) is 1.46. The number of aromatic nitrogens is 2. The monoisotopic (exact) mass is 251 g/mol. The SMILES string of the molecule is Cc1[nH]nc(N)c1-c1cccc(Br)c1. The molecule has 1 aromatic carbocycles. The molecule has 0 unspecified atom stereocenters. The Balaban J connectivity index is 2.59. The number of nitrogens with two attached hydrogens (primary N) is 1. The van der Waals surface area contributed by atoms with E-state index in [4.69, 9.17) is 5.73 Å². The van der Waals surface area contributed by atoms with Gasteiger partial charge in [0.2, 0.25) is 0 Å². The Morgan fingerprint density at radius 3 is 2.79 bits per heavy atom. The molecule has 3 nitrogen and oxygen atoms in total. The van der Waals surface area contributed by atoms with Gasteiger partial charge in [0.1, 0.15) is 0 Å². The summed E-state index contributed by atoms with van der Waals surface area (Å²) in [6.07, 6.45) is 0. The van der Waals surface area contributed by atoms with E-state index in [1.165, 1.54) is 0 Å². The molecule has 0 aliphatic carbocycles. The van der Waals surface area contributed by atoms with E-state index < -0.39 is 0 Å². The van der Waals surface area contributed by atoms with E-state index in [-0.39, 0.29) is 0 Å². The molecule has 0 saturated carbocycles. The molecular formula is C10H10BrN3. The quantitative estimate of drug-likeness (QED) is 0.819. The van der Waals surface area contributed by atoms with Gasteiger partial charge in [-0.1, -0.05) is 28.1 Å². The number of hydrogen-bond acceptors (Lipinski definition) is 2. The van der Waals surface area contributed by atoms with Gasteiger partial charge in [-0.2, -0.15) is 5.10 Å². The molecule has 0 bridgehead atoms. The zero-order valence-corrected chi connectivity index (χ0v) is 9.30. The Bertz CT molecular complexity index is 443. The van der Waals surface area contributed by atoms with Crippen LogP contribution in [0.25, 0.3) is 11.1 Å². The number of hydrogen-bond donors (Lipinski definition) is 2. The maximum absolute atomic E-state index is 5.77. The maximum Gasteiger partial charge on any atom is 0.153 e. The minimum atomic E-state index is 0.542. The average molecular weight is 252 g/mol. The third-order valence-corrected chi connectivity index (χ3v) is 2.58. The topological polar surface area (TPSA) is 54.7 Å². The number of halogens is 1. The van der Waals surface area contributed by atoms with Crippen LogP contribution in [0, 0.1) is 6.92 Å². The highest BCUT2D eigenvalue weighted by Crippen LogP contribution is 2.28. The van der Waals surface area contributed by atoms with E-state index in [9.17, 15) is 0 Å². The van der Waals surface area contributed by atoms with Crippen molar-refractivity contribution in [1.29, 1.82) is 0 Å². The Hall–Kier alpha value is -1.29. The van der Waals surface area contributed by atoms with Crippen molar-refractivity contribution in [2.45, 2.75) is 6.92 Å². The fourth-order valence-corrected chi connectivity index (χ4v) is 1.86. The van der Waals surface area contributed by atoms with Crippen LogP contribution in [0.1, 0.15) is 5.69 Å². The zero-order valence-electron chi connectivity index (χ0n) is 7.71. The van der Waals surface area contributed by atoms with Crippen LogP contribution in [0.2, 0.25) is 0 Å². The van der Waals surface area contributed by atoms with E-state index in [0.29, 0.717) is 5.82 Å². The van der Waals surface area contributed by atoms with E-state index in [0.717, 1.165) is 21.3 Å². The summed E-state index contributed by atoms with van der Waals surface area (Å²) in [6.45, 7) is 1.96. The first-order chi connectivity index (χ1) is 6.68. The van der Waals surface area contributed by atoms with E-state index >= 15 is 0 Å². The number of aromatic amines is 1.